The molecular formula is C22H19N5O2. The quantitative estimate of drug-likeness (QED) is 0.534. The number of rotatable bonds is 5. The van der Waals surface area contributed by atoms with Crippen LogP contribution < -0.4 is 15.4 Å². The van der Waals surface area contributed by atoms with E-state index >= 15 is 0 Å². The van der Waals surface area contributed by atoms with Gasteiger partial charge in [-0.25, -0.2) is 9.97 Å². The van der Waals surface area contributed by atoms with E-state index < -0.39 is 0 Å². The number of hydrogen-bond donors (Lipinski definition) is 2. The molecule has 0 unspecified atom stereocenters. The second-order valence-corrected chi connectivity index (χ2v) is 6.47. The molecule has 4 rings (SSSR count). The lowest BCUT2D eigenvalue weighted by Gasteiger charge is -2.09. The minimum Gasteiger partial charge on any atom is -0.457 e. The molecule has 144 valence electrons. The number of carbonyl (C=O) groups excluding carboxylic acids is 1. The van der Waals surface area contributed by atoms with E-state index in [-0.39, 0.29) is 5.91 Å². The predicted octanol–water partition coefficient (Wildman–Crippen LogP) is 4.23. The van der Waals surface area contributed by atoms with Crippen LogP contribution in [0.1, 0.15) is 16.1 Å². The zero-order chi connectivity index (χ0) is 20.2. The van der Waals surface area contributed by atoms with Crippen LogP contribution in [0.5, 0.6) is 11.5 Å². The highest BCUT2D eigenvalue weighted by molar-refractivity contribution is 5.92. The van der Waals surface area contributed by atoms with Crippen LogP contribution in [0, 0.1) is 6.92 Å². The fourth-order valence-corrected chi connectivity index (χ4v) is 2.85. The number of nitrogens with one attached hydrogen (secondary N) is 2. The number of nitrogens with zero attached hydrogens (tertiary/aromatic N) is 3. The Morgan fingerprint density at radius 3 is 2.69 bits per heavy atom. The van der Waals surface area contributed by atoms with Crippen molar-refractivity contribution in [1.29, 1.82) is 0 Å². The summed E-state index contributed by atoms with van der Waals surface area (Å²) in [4.78, 5) is 24.7. The molecule has 7 nitrogen and oxygen atoms in total. The van der Waals surface area contributed by atoms with E-state index in [1.54, 1.807) is 25.4 Å². The Balaban J connectivity index is 1.55. The van der Waals surface area contributed by atoms with Crippen molar-refractivity contribution < 1.29 is 9.53 Å². The van der Waals surface area contributed by atoms with Gasteiger partial charge in [0.05, 0.1) is 5.52 Å². The van der Waals surface area contributed by atoms with Crippen molar-refractivity contribution in [3.05, 3.63) is 78.2 Å². The molecule has 2 aromatic heterocycles. The van der Waals surface area contributed by atoms with Gasteiger partial charge in [0.25, 0.3) is 5.91 Å². The number of carbonyl (C=O) groups is 1. The maximum Gasteiger partial charge on any atom is 0.269 e. The van der Waals surface area contributed by atoms with Crippen LogP contribution >= 0.6 is 0 Å². The third-order valence-electron chi connectivity index (χ3n) is 4.25. The number of benzene rings is 2. The van der Waals surface area contributed by atoms with Gasteiger partial charge >= 0.3 is 0 Å². The Kier molecular flexibility index (Phi) is 5.03. The van der Waals surface area contributed by atoms with Crippen LogP contribution in [-0.2, 0) is 0 Å². The standard InChI is InChI=1S/C22H19N5O2/c1-14-4-3-5-16(10-14)26-22-25-13-15-11-17(6-7-19(15)27-22)29-18-8-9-24-20(12-18)21(28)23-2/h3-13H,1-2H3,(H,23,28)(H,25,26,27). The molecule has 0 aliphatic carbocycles. The minimum atomic E-state index is -0.268. The number of fused-ring (bicyclic) bond motifs is 1. The summed E-state index contributed by atoms with van der Waals surface area (Å²) in [5.41, 5.74) is 3.19. The summed E-state index contributed by atoms with van der Waals surface area (Å²) in [7, 11) is 1.56. The van der Waals surface area contributed by atoms with Gasteiger partial charge in [-0.05, 0) is 48.9 Å². The van der Waals surface area contributed by atoms with Crippen LogP contribution in [-0.4, -0.2) is 27.9 Å². The van der Waals surface area contributed by atoms with Gasteiger partial charge in [0.15, 0.2) is 0 Å². The number of amides is 1. The molecule has 0 saturated carbocycles. The number of ether oxygens (including phenoxy) is 1. The van der Waals surface area contributed by atoms with Gasteiger partial charge in [-0.3, -0.25) is 9.78 Å². The monoisotopic (exact) mass is 385 g/mol. The average Bonchev–Trinajstić information content (AvgIpc) is 2.73. The molecule has 7 heteroatoms. The van der Waals surface area contributed by atoms with Crippen molar-refractivity contribution in [3.8, 4) is 11.5 Å². The molecule has 0 bridgehead atoms. The van der Waals surface area contributed by atoms with Gasteiger partial charge in [-0.15, -0.1) is 0 Å². The van der Waals surface area contributed by atoms with Gasteiger partial charge in [0.2, 0.25) is 5.95 Å². The van der Waals surface area contributed by atoms with E-state index in [1.807, 2.05) is 49.4 Å². The van der Waals surface area contributed by atoms with Crippen LogP contribution in [0.15, 0.2) is 67.0 Å². The highest BCUT2D eigenvalue weighted by Gasteiger charge is 2.08. The molecule has 0 spiro atoms. The van der Waals surface area contributed by atoms with Crippen molar-refractivity contribution in [2.24, 2.45) is 0 Å². The molecule has 0 radical (unpaired) electrons. The summed E-state index contributed by atoms with van der Waals surface area (Å²) in [6, 6.07) is 16.9. The number of aromatic nitrogens is 3. The molecule has 0 fully saturated rings. The summed E-state index contributed by atoms with van der Waals surface area (Å²) in [5, 5.41) is 6.60. The second-order valence-electron chi connectivity index (χ2n) is 6.47. The maximum atomic E-state index is 11.7. The number of anilines is 2. The lowest BCUT2D eigenvalue weighted by molar-refractivity contribution is 0.0958. The molecule has 0 aliphatic rings. The lowest BCUT2D eigenvalue weighted by atomic mass is 10.2. The zero-order valence-electron chi connectivity index (χ0n) is 16.0. The molecule has 0 saturated heterocycles. The molecule has 2 aromatic carbocycles. The summed E-state index contributed by atoms with van der Waals surface area (Å²) in [6.45, 7) is 2.04. The van der Waals surface area contributed by atoms with Crippen LogP contribution in [0.4, 0.5) is 11.6 Å². The summed E-state index contributed by atoms with van der Waals surface area (Å²) in [5.74, 6) is 1.41. The van der Waals surface area contributed by atoms with Gasteiger partial charge in [0, 0.05) is 36.6 Å². The molecule has 2 heterocycles. The highest BCUT2D eigenvalue weighted by Crippen LogP contribution is 2.26. The first-order valence-corrected chi connectivity index (χ1v) is 9.07. The minimum absolute atomic E-state index is 0.268. The first kappa shape index (κ1) is 18.4. The summed E-state index contributed by atoms with van der Waals surface area (Å²) >= 11 is 0. The van der Waals surface area contributed by atoms with E-state index in [0.29, 0.717) is 23.1 Å². The van der Waals surface area contributed by atoms with E-state index in [9.17, 15) is 4.79 Å². The van der Waals surface area contributed by atoms with Gasteiger partial charge < -0.3 is 15.4 Å². The molecule has 0 aliphatic heterocycles. The average molecular weight is 385 g/mol. The largest absolute Gasteiger partial charge is 0.457 e. The highest BCUT2D eigenvalue weighted by atomic mass is 16.5. The Labute approximate surface area is 167 Å². The van der Waals surface area contributed by atoms with Crippen LogP contribution in [0.3, 0.4) is 0 Å². The van der Waals surface area contributed by atoms with Crippen molar-refractivity contribution in [2.75, 3.05) is 12.4 Å². The van der Waals surface area contributed by atoms with Crippen molar-refractivity contribution in [2.45, 2.75) is 6.92 Å². The molecule has 2 N–H and O–H groups in total. The maximum absolute atomic E-state index is 11.7. The number of hydrogen-bond acceptors (Lipinski definition) is 6. The lowest BCUT2D eigenvalue weighted by Crippen LogP contribution is -2.18. The second kappa shape index (κ2) is 7.93. The third kappa shape index (κ3) is 4.30. The molecule has 4 aromatic rings. The summed E-state index contributed by atoms with van der Waals surface area (Å²) in [6.07, 6.45) is 3.28. The van der Waals surface area contributed by atoms with Crippen LogP contribution in [0.25, 0.3) is 10.9 Å². The van der Waals surface area contributed by atoms with E-state index in [2.05, 4.69) is 25.6 Å². The smallest absolute Gasteiger partial charge is 0.269 e. The molecule has 29 heavy (non-hydrogen) atoms. The predicted molar refractivity (Wildman–Crippen MR) is 112 cm³/mol. The first-order chi connectivity index (χ1) is 14.1. The van der Waals surface area contributed by atoms with Crippen molar-refractivity contribution in [3.63, 3.8) is 0 Å². The normalized spacial score (nSPS) is 10.6. The fourth-order valence-electron chi connectivity index (χ4n) is 2.85. The van der Waals surface area contributed by atoms with Gasteiger partial charge in [-0.2, -0.15) is 0 Å². The Morgan fingerprint density at radius 1 is 1.00 bits per heavy atom. The SMILES string of the molecule is CNC(=O)c1cc(Oc2ccc3nc(Nc4cccc(C)c4)ncc3c2)ccn1. The topological polar surface area (TPSA) is 89.0 Å². The Morgan fingerprint density at radius 2 is 1.86 bits per heavy atom. The molecular weight excluding hydrogens is 366 g/mol. The van der Waals surface area contributed by atoms with Crippen molar-refractivity contribution in [1.82, 2.24) is 20.3 Å². The van der Waals surface area contributed by atoms with Gasteiger partial charge in [-0.1, -0.05) is 12.1 Å². The first-order valence-electron chi connectivity index (χ1n) is 9.07. The zero-order valence-corrected chi connectivity index (χ0v) is 16.0. The van der Waals surface area contributed by atoms with Crippen LogP contribution in [0.2, 0.25) is 0 Å². The molecule has 1 amide bonds. The Hall–Kier alpha value is -4.00. The van der Waals surface area contributed by atoms with Crippen molar-refractivity contribution >= 4 is 28.4 Å². The summed E-state index contributed by atoms with van der Waals surface area (Å²) < 4.78 is 5.87. The van der Waals surface area contributed by atoms with Gasteiger partial charge in [0.1, 0.15) is 17.2 Å². The Bertz CT molecular complexity index is 1190. The number of aryl methyl sites for hydroxylation is 1. The fraction of sp³-hybridized carbons (Fsp3) is 0.0909. The van der Waals surface area contributed by atoms with E-state index in [4.69, 9.17) is 4.74 Å². The number of pyridine rings is 1. The molecule has 0 atom stereocenters. The third-order valence-corrected chi connectivity index (χ3v) is 4.25. The van der Waals surface area contributed by atoms with E-state index in [0.717, 1.165) is 22.2 Å². The van der Waals surface area contributed by atoms with E-state index in [1.165, 1.54) is 6.20 Å².